The summed E-state index contributed by atoms with van der Waals surface area (Å²) < 4.78 is 16.4. The van der Waals surface area contributed by atoms with Crippen LogP contribution >= 0.6 is 0 Å². The molecule has 0 unspecified atom stereocenters. The van der Waals surface area contributed by atoms with Gasteiger partial charge >= 0.3 is 0 Å². The number of carbonyl (C=O) groups excluding carboxylic acids is 4. The first kappa shape index (κ1) is 29.8. The minimum atomic E-state index is -0.951. The topological polar surface area (TPSA) is 146 Å². The van der Waals surface area contributed by atoms with Crippen molar-refractivity contribution >= 4 is 29.3 Å². The van der Waals surface area contributed by atoms with E-state index in [0.29, 0.717) is 43.7 Å². The summed E-state index contributed by atoms with van der Waals surface area (Å²) in [7, 11) is 0. The minimum Gasteiger partial charge on any atom is -0.390 e. The third-order valence-electron chi connectivity index (χ3n) is 6.83. The number of carbonyl (C=O) groups is 4. The number of nitrogens with one attached hydrogen (secondary N) is 3. The van der Waals surface area contributed by atoms with Gasteiger partial charge < -0.3 is 26.0 Å². The highest BCUT2D eigenvalue weighted by Gasteiger charge is 2.33. The highest BCUT2D eigenvalue weighted by Crippen LogP contribution is 2.23. The van der Waals surface area contributed by atoms with E-state index in [1.54, 1.807) is 24.8 Å². The number of amides is 4. The zero-order valence-corrected chi connectivity index (χ0v) is 22.8. The summed E-state index contributed by atoms with van der Waals surface area (Å²) in [6, 6.07) is 3.85. The van der Waals surface area contributed by atoms with E-state index in [0.717, 1.165) is 0 Å². The van der Waals surface area contributed by atoms with Crippen LogP contribution in [-0.4, -0.2) is 74.2 Å². The Morgan fingerprint density at radius 2 is 1.82 bits per heavy atom. The van der Waals surface area contributed by atoms with E-state index in [1.807, 2.05) is 6.92 Å². The van der Waals surface area contributed by atoms with Gasteiger partial charge in [-0.15, -0.1) is 0 Å². The average Bonchev–Trinajstić information content (AvgIpc) is 3.38. The van der Waals surface area contributed by atoms with E-state index in [1.165, 1.54) is 36.0 Å². The molecule has 0 bridgehead atoms. The molecule has 2 aromatic rings. The van der Waals surface area contributed by atoms with Gasteiger partial charge in [0.1, 0.15) is 23.6 Å². The molecule has 0 radical (unpaired) electrons. The van der Waals surface area contributed by atoms with E-state index in [4.69, 9.17) is 0 Å². The van der Waals surface area contributed by atoms with Gasteiger partial charge in [-0.1, -0.05) is 13.0 Å². The molecule has 1 aliphatic rings. The lowest BCUT2D eigenvalue weighted by molar-refractivity contribution is -0.139. The molecule has 1 fully saturated rings. The first-order valence-corrected chi connectivity index (χ1v) is 13.2. The molecular weight excluding hydrogens is 507 g/mol. The molecule has 0 aliphatic carbocycles. The first-order valence-electron chi connectivity index (χ1n) is 13.2. The van der Waals surface area contributed by atoms with E-state index in [9.17, 15) is 28.7 Å². The fourth-order valence-electron chi connectivity index (χ4n) is 4.30. The summed E-state index contributed by atoms with van der Waals surface area (Å²) in [5.41, 5.74) is -0.150. The standard InChI is InChI=1S/C27H37FN6O5/c1-5-23(35)31-21(26(38)33-13-10-27(4,39)11-14-33)16-18-7-8-20(19(28)15-18)32-24(36)17(3)30-25(37)22-9-12-29-34(22)6-2/h7-9,12,15,17,21,39H,5-6,10-11,13-14,16H2,1-4H3,(H,30,37)(H,31,35)(H,32,36)/t17-,21+/m0/s1. The van der Waals surface area contributed by atoms with E-state index in [2.05, 4.69) is 21.0 Å². The SMILES string of the molecule is CCC(=O)N[C@H](Cc1ccc(NC(=O)[C@H](C)NC(=O)c2ccnn2CC)c(F)c1)C(=O)N1CCC(C)(O)CC1. The van der Waals surface area contributed by atoms with Gasteiger partial charge in [0.05, 0.1) is 11.3 Å². The van der Waals surface area contributed by atoms with Gasteiger partial charge in [0.2, 0.25) is 17.7 Å². The van der Waals surface area contributed by atoms with Crippen LogP contribution in [0.25, 0.3) is 0 Å². The summed E-state index contributed by atoms with van der Waals surface area (Å²) in [5.74, 6) is -2.40. The number of hydrogen-bond acceptors (Lipinski definition) is 6. The van der Waals surface area contributed by atoms with Gasteiger partial charge in [-0.25, -0.2) is 4.39 Å². The molecule has 11 nitrogen and oxygen atoms in total. The Labute approximate surface area is 227 Å². The van der Waals surface area contributed by atoms with Crippen LogP contribution in [0.15, 0.2) is 30.5 Å². The summed E-state index contributed by atoms with van der Waals surface area (Å²) in [4.78, 5) is 52.0. The molecule has 2 heterocycles. The number of aromatic nitrogens is 2. The van der Waals surface area contributed by atoms with Crippen LogP contribution in [-0.2, 0) is 27.3 Å². The van der Waals surface area contributed by atoms with Crippen LogP contribution in [0.1, 0.15) is 63.0 Å². The number of hydrogen-bond donors (Lipinski definition) is 4. The third-order valence-corrected chi connectivity index (χ3v) is 6.83. The average molecular weight is 545 g/mol. The summed E-state index contributed by atoms with van der Waals surface area (Å²) in [6.07, 6.45) is 2.59. The predicted molar refractivity (Wildman–Crippen MR) is 142 cm³/mol. The number of aryl methyl sites for hydroxylation is 1. The van der Waals surface area contributed by atoms with Crippen molar-refractivity contribution < 1.29 is 28.7 Å². The monoisotopic (exact) mass is 544 g/mol. The van der Waals surface area contributed by atoms with Crippen molar-refractivity contribution in [2.45, 2.75) is 77.6 Å². The van der Waals surface area contributed by atoms with Crippen molar-refractivity contribution in [1.82, 2.24) is 25.3 Å². The number of nitrogens with zero attached hydrogens (tertiary/aromatic N) is 3. The molecule has 12 heteroatoms. The van der Waals surface area contributed by atoms with Crippen LogP contribution in [0.4, 0.5) is 10.1 Å². The Morgan fingerprint density at radius 3 is 2.44 bits per heavy atom. The van der Waals surface area contributed by atoms with E-state index >= 15 is 0 Å². The molecule has 0 saturated carbocycles. The van der Waals surface area contributed by atoms with E-state index < -0.39 is 35.3 Å². The Hall–Kier alpha value is -3.80. The maximum atomic E-state index is 15.0. The van der Waals surface area contributed by atoms with Crippen molar-refractivity contribution in [1.29, 1.82) is 0 Å². The van der Waals surface area contributed by atoms with Gasteiger partial charge in [0.25, 0.3) is 5.91 Å². The van der Waals surface area contributed by atoms with Crippen molar-refractivity contribution in [3.8, 4) is 0 Å². The Kier molecular flexibility index (Phi) is 9.79. The normalized spacial score (nSPS) is 16.2. The zero-order chi connectivity index (χ0) is 28.7. The van der Waals surface area contributed by atoms with Crippen LogP contribution < -0.4 is 16.0 Å². The maximum absolute atomic E-state index is 15.0. The smallest absolute Gasteiger partial charge is 0.270 e. The fraction of sp³-hybridized carbons (Fsp3) is 0.519. The summed E-state index contributed by atoms with van der Waals surface area (Å²) >= 11 is 0. The quantitative estimate of drug-likeness (QED) is 0.358. The molecule has 1 aromatic heterocycles. The van der Waals surface area contributed by atoms with Crippen molar-refractivity contribution in [2.24, 2.45) is 0 Å². The second kappa shape index (κ2) is 12.8. The molecule has 1 saturated heterocycles. The number of anilines is 1. The fourth-order valence-corrected chi connectivity index (χ4v) is 4.30. The molecule has 4 amide bonds. The predicted octanol–water partition coefficient (Wildman–Crippen LogP) is 1.61. The van der Waals surface area contributed by atoms with Gasteiger partial charge in [-0.3, -0.25) is 23.9 Å². The number of benzene rings is 1. The minimum absolute atomic E-state index is 0.0557. The molecule has 1 aromatic carbocycles. The lowest BCUT2D eigenvalue weighted by atomic mass is 9.93. The molecular formula is C27H37FN6O5. The third kappa shape index (κ3) is 7.85. The van der Waals surface area contributed by atoms with Crippen LogP contribution in [0, 0.1) is 5.82 Å². The van der Waals surface area contributed by atoms with Gasteiger partial charge in [-0.05, 0) is 57.4 Å². The van der Waals surface area contributed by atoms with Crippen molar-refractivity contribution in [3.63, 3.8) is 0 Å². The lowest BCUT2D eigenvalue weighted by Gasteiger charge is -2.37. The highest BCUT2D eigenvalue weighted by atomic mass is 19.1. The number of likely N-dealkylation sites (tertiary alicyclic amines) is 1. The molecule has 1 aliphatic heterocycles. The summed E-state index contributed by atoms with van der Waals surface area (Å²) in [5, 5.41) is 22.0. The van der Waals surface area contributed by atoms with Gasteiger partial charge in [-0.2, -0.15) is 5.10 Å². The van der Waals surface area contributed by atoms with E-state index in [-0.39, 0.29) is 30.3 Å². The molecule has 4 N–H and O–H groups in total. The number of piperidine rings is 1. The van der Waals surface area contributed by atoms with Crippen LogP contribution in [0.3, 0.4) is 0 Å². The Bertz CT molecular complexity index is 1200. The first-order chi connectivity index (χ1) is 18.4. The van der Waals surface area contributed by atoms with Gasteiger partial charge in [0.15, 0.2) is 0 Å². The molecule has 3 rings (SSSR count). The summed E-state index contributed by atoms with van der Waals surface area (Å²) in [6.45, 7) is 7.93. The highest BCUT2D eigenvalue weighted by molar-refractivity contribution is 6.00. The number of halogens is 1. The lowest BCUT2D eigenvalue weighted by Crippen LogP contribution is -2.53. The largest absolute Gasteiger partial charge is 0.390 e. The number of aliphatic hydroxyl groups is 1. The second-order valence-corrected chi connectivity index (χ2v) is 10.0. The van der Waals surface area contributed by atoms with Crippen molar-refractivity contribution in [2.75, 3.05) is 18.4 Å². The number of rotatable bonds is 10. The Balaban J connectivity index is 1.65. The molecule has 0 spiro atoms. The van der Waals surface area contributed by atoms with Gasteiger partial charge in [0, 0.05) is 38.7 Å². The van der Waals surface area contributed by atoms with Crippen molar-refractivity contribution in [3.05, 3.63) is 47.5 Å². The molecule has 212 valence electrons. The second-order valence-electron chi connectivity index (χ2n) is 10.0. The molecule has 39 heavy (non-hydrogen) atoms. The van der Waals surface area contributed by atoms with Crippen LogP contribution in [0.2, 0.25) is 0 Å². The van der Waals surface area contributed by atoms with Crippen LogP contribution in [0.5, 0.6) is 0 Å². The zero-order valence-electron chi connectivity index (χ0n) is 22.8. The maximum Gasteiger partial charge on any atom is 0.270 e. The Morgan fingerprint density at radius 1 is 1.13 bits per heavy atom. The molecule has 2 atom stereocenters.